The number of nitrogen functional groups attached to an aromatic ring is 1. The van der Waals surface area contributed by atoms with Gasteiger partial charge < -0.3 is 5.73 Å². The number of hydrogen-bond donors (Lipinski definition) is 1. The fraction of sp³-hybridized carbons (Fsp3) is 0.267. The molecular formula is C15H19N3O2S. The van der Waals surface area contributed by atoms with E-state index in [0.717, 1.165) is 11.1 Å². The Morgan fingerprint density at radius 1 is 1.19 bits per heavy atom. The van der Waals surface area contributed by atoms with E-state index in [1.807, 2.05) is 38.1 Å². The predicted molar refractivity (Wildman–Crippen MR) is 83.1 cm³/mol. The highest BCUT2D eigenvalue weighted by molar-refractivity contribution is 7.89. The lowest BCUT2D eigenvalue weighted by Gasteiger charge is -2.22. The van der Waals surface area contributed by atoms with Crippen molar-refractivity contribution in [3.05, 3.63) is 53.7 Å². The molecule has 0 saturated carbocycles. The first-order chi connectivity index (χ1) is 9.96. The van der Waals surface area contributed by atoms with Gasteiger partial charge in [0.25, 0.3) is 0 Å². The molecule has 1 aromatic heterocycles. The minimum absolute atomic E-state index is 0.0285. The van der Waals surface area contributed by atoms with Crippen LogP contribution in [0.2, 0.25) is 0 Å². The number of aromatic nitrogens is 1. The fourth-order valence-electron chi connectivity index (χ4n) is 2.10. The molecule has 1 aromatic carbocycles. The van der Waals surface area contributed by atoms with Crippen molar-refractivity contribution < 1.29 is 8.42 Å². The highest BCUT2D eigenvalue weighted by atomic mass is 32.2. The average molecular weight is 305 g/mol. The molecule has 0 radical (unpaired) electrons. The predicted octanol–water partition coefficient (Wildman–Crippen LogP) is 2.18. The molecule has 0 spiro atoms. The zero-order valence-electron chi connectivity index (χ0n) is 12.2. The summed E-state index contributed by atoms with van der Waals surface area (Å²) in [5, 5.41) is 0. The van der Waals surface area contributed by atoms with Gasteiger partial charge in [-0.25, -0.2) is 13.4 Å². The Bertz CT molecular complexity index is 729. The van der Waals surface area contributed by atoms with Crippen LogP contribution in [-0.2, 0) is 16.6 Å². The Kier molecular flexibility index (Phi) is 4.59. The molecule has 1 heterocycles. The number of rotatable bonds is 5. The van der Waals surface area contributed by atoms with E-state index in [1.54, 1.807) is 6.07 Å². The number of benzene rings is 1. The molecule has 0 unspecified atom stereocenters. The summed E-state index contributed by atoms with van der Waals surface area (Å²) in [7, 11) is -3.65. The zero-order chi connectivity index (χ0) is 15.5. The maximum Gasteiger partial charge on any atom is 0.247 e. The second-order valence-electron chi connectivity index (χ2n) is 4.74. The summed E-state index contributed by atoms with van der Waals surface area (Å²) in [6.45, 7) is 4.46. The fourth-order valence-corrected chi connectivity index (χ4v) is 3.60. The van der Waals surface area contributed by atoms with Gasteiger partial charge in [0.05, 0.1) is 0 Å². The number of aryl methyl sites for hydroxylation is 1. The van der Waals surface area contributed by atoms with Gasteiger partial charge in [0, 0.05) is 19.3 Å². The summed E-state index contributed by atoms with van der Waals surface area (Å²) < 4.78 is 26.8. The topological polar surface area (TPSA) is 76.3 Å². The molecule has 2 rings (SSSR count). The van der Waals surface area contributed by atoms with Crippen LogP contribution in [0, 0.1) is 6.92 Å². The lowest BCUT2D eigenvalue weighted by Crippen LogP contribution is -2.31. The minimum atomic E-state index is -3.65. The Labute approximate surface area is 125 Å². The first-order valence-corrected chi connectivity index (χ1v) is 8.16. The van der Waals surface area contributed by atoms with Crippen LogP contribution < -0.4 is 5.73 Å². The van der Waals surface area contributed by atoms with Crippen LogP contribution in [0.1, 0.15) is 18.1 Å². The molecule has 0 aliphatic carbocycles. The van der Waals surface area contributed by atoms with Crippen LogP contribution in [0.5, 0.6) is 0 Å². The standard InChI is InChI=1S/C15H19N3O2S/c1-3-18(11-13-8-5-4-7-12(13)2)21(19,20)14-9-6-10-17-15(14)16/h4-10H,3,11H2,1-2H3,(H2,16,17). The molecule has 0 aliphatic heterocycles. The van der Waals surface area contributed by atoms with Crippen LogP contribution in [0.15, 0.2) is 47.5 Å². The van der Waals surface area contributed by atoms with Crippen LogP contribution >= 0.6 is 0 Å². The molecule has 5 nitrogen and oxygen atoms in total. The van der Waals surface area contributed by atoms with Gasteiger partial charge >= 0.3 is 0 Å². The van der Waals surface area contributed by atoms with Gasteiger partial charge in [0.15, 0.2) is 0 Å². The molecule has 0 atom stereocenters. The van der Waals surface area contributed by atoms with E-state index in [2.05, 4.69) is 4.98 Å². The lowest BCUT2D eigenvalue weighted by atomic mass is 10.1. The van der Waals surface area contributed by atoms with Gasteiger partial charge in [-0.3, -0.25) is 0 Å². The molecule has 2 N–H and O–H groups in total. The summed E-state index contributed by atoms with van der Waals surface area (Å²) in [4.78, 5) is 3.91. The number of nitrogens with two attached hydrogens (primary N) is 1. The second kappa shape index (κ2) is 6.24. The third-order valence-corrected chi connectivity index (χ3v) is 5.35. The number of nitrogens with zero attached hydrogens (tertiary/aromatic N) is 2. The molecule has 0 amide bonds. The van der Waals surface area contributed by atoms with E-state index in [4.69, 9.17) is 5.73 Å². The van der Waals surface area contributed by atoms with Crippen molar-refractivity contribution in [2.75, 3.05) is 12.3 Å². The summed E-state index contributed by atoms with van der Waals surface area (Å²) in [6, 6.07) is 10.8. The molecule has 2 aromatic rings. The van der Waals surface area contributed by atoms with Crippen LogP contribution in [-0.4, -0.2) is 24.3 Å². The van der Waals surface area contributed by atoms with E-state index in [9.17, 15) is 8.42 Å². The highest BCUT2D eigenvalue weighted by Crippen LogP contribution is 2.22. The SMILES string of the molecule is CCN(Cc1ccccc1C)S(=O)(=O)c1cccnc1N. The normalized spacial score (nSPS) is 11.8. The monoisotopic (exact) mass is 305 g/mol. The summed E-state index contributed by atoms with van der Waals surface area (Å²) in [5.41, 5.74) is 7.74. The van der Waals surface area contributed by atoms with Crippen molar-refractivity contribution in [1.82, 2.24) is 9.29 Å². The van der Waals surface area contributed by atoms with Crippen molar-refractivity contribution in [1.29, 1.82) is 0 Å². The third-order valence-electron chi connectivity index (χ3n) is 3.38. The van der Waals surface area contributed by atoms with E-state index >= 15 is 0 Å². The first-order valence-electron chi connectivity index (χ1n) is 6.72. The highest BCUT2D eigenvalue weighted by Gasteiger charge is 2.26. The minimum Gasteiger partial charge on any atom is -0.383 e. The molecule has 112 valence electrons. The average Bonchev–Trinajstić information content (AvgIpc) is 2.46. The van der Waals surface area contributed by atoms with Gasteiger partial charge in [-0.15, -0.1) is 0 Å². The third kappa shape index (κ3) is 3.22. The zero-order valence-corrected chi connectivity index (χ0v) is 13.0. The molecular weight excluding hydrogens is 286 g/mol. The quantitative estimate of drug-likeness (QED) is 0.918. The van der Waals surface area contributed by atoms with Crippen molar-refractivity contribution in [2.24, 2.45) is 0 Å². The van der Waals surface area contributed by atoms with Gasteiger partial charge in [-0.05, 0) is 30.2 Å². The van der Waals surface area contributed by atoms with Crippen LogP contribution in [0.25, 0.3) is 0 Å². The van der Waals surface area contributed by atoms with E-state index in [1.165, 1.54) is 16.6 Å². The molecule has 6 heteroatoms. The Hall–Kier alpha value is -1.92. The van der Waals surface area contributed by atoms with Gasteiger partial charge in [-0.2, -0.15) is 4.31 Å². The maximum atomic E-state index is 12.7. The van der Waals surface area contributed by atoms with Gasteiger partial charge in [0.2, 0.25) is 10.0 Å². The Balaban J connectivity index is 2.37. The van der Waals surface area contributed by atoms with E-state index < -0.39 is 10.0 Å². The summed E-state index contributed by atoms with van der Waals surface area (Å²) >= 11 is 0. The van der Waals surface area contributed by atoms with Crippen LogP contribution in [0.4, 0.5) is 5.82 Å². The number of hydrogen-bond acceptors (Lipinski definition) is 4. The number of pyridine rings is 1. The molecule has 21 heavy (non-hydrogen) atoms. The van der Waals surface area contributed by atoms with Crippen molar-refractivity contribution in [3.8, 4) is 0 Å². The van der Waals surface area contributed by atoms with Gasteiger partial charge in [0.1, 0.15) is 10.7 Å². The summed E-state index contributed by atoms with van der Waals surface area (Å²) in [6.07, 6.45) is 1.48. The van der Waals surface area contributed by atoms with Crippen molar-refractivity contribution in [2.45, 2.75) is 25.3 Å². The van der Waals surface area contributed by atoms with Gasteiger partial charge in [-0.1, -0.05) is 31.2 Å². The van der Waals surface area contributed by atoms with Crippen molar-refractivity contribution >= 4 is 15.8 Å². The second-order valence-corrected chi connectivity index (χ2v) is 6.65. The van der Waals surface area contributed by atoms with Crippen molar-refractivity contribution in [3.63, 3.8) is 0 Å². The van der Waals surface area contributed by atoms with E-state index in [0.29, 0.717) is 13.1 Å². The molecule has 0 aliphatic rings. The first kappa shape index (κ1) is 15.5. The largest absolute Gasteiger partial charge is 0.383 e. The Morgan fingerprint density at radius 3 is 2.52 bits per heavy atom. The number of anilines is 1. The van der Waals surface area contributed by atoms with E-state index in [-0.39, 0.29) is 10.7 Å². The Morgan fingerprint density at radius 2 is 1.90 bits per heavy atom. The smallest absolute Gasteiger partial charge is 0.247 e. The molecule has 0 bridgehead atoms. The molecule has 0 saturated heterocycles. The lowest BCUT2D eigenvalue weighted by molar-refractivity contribution is 0.423. The molecule has 0 fully saturated rings. The maximum absolute atomic E-state index is 12.7. The van der Waals surface area contributed by atoms with Crippen LogP contribution in [0.3, 0.4) is 0 Å². The number of sulfonamides is 1. The summed E-state index contributed by atoms with van der Waals surface area (Å²) in [5.74, 6) is 0.0285.